The number of aliphatic carboxylic acids is 1. The van der Waals surface area contributed by atoms with Gasteiger partial charge in [0.2, 0.25) is 0 Å². The molecule has 4 saturated carbocycles. The molecule has 1 saturated heterocycles. The first-order chi connectivity index (χ1) is 12.4. The van der Waals surface area contributed by atoms with Crippen LogP contribution in [-0.2, 0) is 28.7 Å². The van der Waals surface area contributed by atoms with E-state index in [0.717, 1.165) is 38.5 Å². The van der Waals surface area contributed by atoms with Gasteiger partial charge < -0.3 is 14.6 Å². The first-order valence-electron chi connectivity index (χ1n) is 9.48. The van der Waals surface area contributed by atoms with Crippen molar-refractivity contribution >= 4 is 23.9 Å². The number of fused-ring (bicyclic) bond motifs is 7. The molecule has 0 aromatic heterocycles. The smallest absolute Gasteiger partial charge is 0.317 e. The second-order valence-corrected chi connectivity index (χ2v) is 8.37. The van der Waals surface area contributed by atoms with Gasteiger partial charge in [-0.3, -0.25) is 19.2 Å². The third-order valence-electron chi connectivity index (χ3n) is 7.34. The van der Waals surface area contributed by atoms with Crippen LogP contribution in [0.4, 0.5) is 0 Å². The van der Waals surface area contributed by atoms with E-state index in [1.165, 1.54) is 7.11 Å². The lowest BCUT2D eigenvalue weighted by molar-refractivity contribution is -0.158. The van der Waals surface area contributed by atoms with Gasteiger partial charge in [-0.15, -0.1) is 0 Å². The number of esters is 3. The Hall–Kier alpha value is -1.92. The maximum Gasteiger partial charge on any atom is 0.317 e. The van der Waals surface area contributed by atoms with Crippen molar-refractivity contribution in [3.63, 3.8) is 0 Å². The molecule has 7 nitrogen and oxygen atoms in total. The molecule has 0 radical (unpaired) electrons. The molecule has 4 unspecified atom stereocenters. The normalized spacial score (nSPS) is 44.3. The number of carboxylic acids is 1. The molecule has 4 aliphatic carbocycles. The summed E-state index contributed by atoms with van der Waals surface area (Å²) in [6.07, 6.45) is 6.14. The van der Waals surface area contributed by atoms with Gasteiger partial charge in [-0.25, -0.2) is 0 Å². The van der Waals surface area contributed by atoms with E-state index >= 15 is 0 Å². The lowest BCUT2D eigenvalue weighted by Gasteiger charge is -2.25. The second-order valence-electron chi connectivity index (χ2n) is 8.37. The highest BCUT2D eigenvalue weighted by molar-refractivity contribution is 5.97. The summed E-state index contributed by atoms with van der Waals surface area (Å²) in [5.74, 6) is -1.34. The van der Waals surface area contributed by atoms with Crippen LogP contribution in [0.2, 0.25) is 0 Å². The number of cyclic esters (lactones) is 2. The average molecular weight is 364 g/mol. The Morgan fingerprint density at radius 1 is 0.885 bits per heavy atom. The zero-order chi connectivity index (χ0) is 18.6. The van der Waals surface area contributed by atoms with E-state index in [-0.39, 0.29) is 41.6 Å². The van der Waals surface area contributed by atoms with E-state index in [2.05, 4.69) is 9.47 Å². The Morgan fingerprint density at radius 3 is 1.85 bits per heavy atom. The molecule has 0 spiro atoms. The Balaban J connectivity index is 0.000000130. The van der Waals surface area contributed by atoms with Crippen LogP contribution < -0.4 is 0 Å². The Kier molecular flexibility index (Phi) is 4.28. The molecule has 5 fully saturated rings. The lowest BCUT2D eigenvalue weighted by Crippen LogP contribution is -2.35. The number of methoxy groups -OCH3 is 1. The Morgan fingerprint density at radius 2 is 1.35 bits per heavy atom. The standard InChI is InChI=1S/C10H14O4.C9H10O3/c1-14-10(13)8-6-3-2-5(4-6)7(8)9(11)12;10-8-6-4-1-2-5(3-4)7(6)9(11)12-8/h5-8H,2-4H2,1H3,(H,11,12);4-7H,1-3H2/t5-,6?,7?,8+;4-,5?,6?,7+/m00/s1. The van der Waals surface area contributed by atoms with Crippen LogP contribution in [0.5, 0.6) is 0 Å². The van der Waals surface area contributed by atoms with Crippen molar-refractivity contribution in [1.82, 2.24) is 0 Å². The maximum absolute atomic E-state index is 11.4. The van der Waals surface area contributed by atoms with Gasteiger partial charge in [0.25, 0.3) is 0 Å². The summed E-state index contributed by atoms with van der Waals surface area (Å²) in [5, 5.41) is 9.04. The minimum atomic E-state index is -0.840. The fraction of sp³-hybridized carbons (Fsp3) is 0.789. The molecule has 142 valence electrons. The number of carbonyl (C=O) groups excluding carboxylic acids is 3. The Bertz CT molecular complexity index is 630. The Labute approximate surface area is 151 Å². The van der Waals surface area contributed by atoms with Crippen molar-refractivity contribution in [3.8, 4) is 0 Å². The minimum absolute atomic E-state index is 0.0590. The highest BCUT2D eigenvalue weighted by Crippen LogP contribution is 2.55. The van der Waals surface area contributed by atoms with Gasteiger partial charge in [0.15, 0.2) is 0 Å². The van der Waals surface area contributed by atoms with Crippen LogP contribution >= 0.6 is 0 Å². The molecule has 1 N–H and O–H groups in total. The lowest BCUT2D eigenvalue weighted by atomic mass is 9.79. The molecule has 5 rings (SSSR count). The molecule has 8 atom stereocenters. The van der Waals surface area contributed by atoms with Gasteiger partial charge in [0, 0.05) is 0 Å². The molecule has 4 bridgehead atoms. The zero-order valence-electron chi connectivity index (χ0n) is 14.8. The molecule has 5 aliphatic rings. The summed E-state index contributed by atoms with van der Waals surface area (Å²) in [6, 6.07) is 0. The van der Waals surface area contributed by atoms with E-state index in [1.807, 2.05) is 0 Å². The van der Waals surface area contributed by atoms with Crippen molar-refractivity contribution in [2.24, 2.45) is 47.3 Å². The van der Waals surface area contributed by atoms with Crippen LogP contribution in [0.3, 0.4) is 0 Å². The summed E-state index contributed by atoms with van der Waals surface area (Å²) < 4.78 is 9.30. The minimum Gasteiger partial charge on any atom is -0.481 e. The molecule has 0 amide bonds. The summed E-state index contributed by atoms with van der Waals surface area (Å²) in [7, 11) is 1.33. The third-order valence-corrected chi connectivity index (χ3v) is 7.34. The van der Waals surface area contributed by atoms with Gasteiger partial charge in [-0.05, 0) is 62.2 Å². The fourth-order valence-corrected chi connectivity index (χ4v) is 6.33. The van der Waals surface area contributed by atoms with E-state index < -0.39 is 17.8 Å². The highest BCUT2D eigenvalue weighted by Gasteiger charge is 2.59. The van der Waals surface area contributed by atoms with Crippen LogP contribution in [0.25, 0.3) is 0 Å². The zero-order valence-corrected chi connectivity index (χ0v) is 14.8. The molecule has 1 aliphatic heterocycles. The predicted octanol–water partition coefficient (Wildman–Crippen LogP) is 1.64. The summed E-state index contributed by atoms with van der Waals surface area (Å²) in [6.45, 7) is 0. The van der Waals surface area contributed by atoms with Crippen LogP contribution in [0.1, 0.15) is 38.5 Å². The quantitative estimate of drug-likeness (QED) is 0.586. The topological polar surface area (TPSA) is 107 Å². The second kappa shape index (κ2) is 6.35. The molecule has 0 aromatic carbocycles. The fourth-order valence-electron chi connectivity index (χ4n) is 6.33. The van der Waals surface area contributed by atoms with Gasteiger partial charge >= 0.3 is 23.9 Å². The predicted molar refractivity (Wildman–Crippen MR) is 86.4 cm³/mol. The number of carboxylic acid groups (broad SMARTS) is 1. The molecule has 0 aromatic rings. The number of hydrogen-bond acceptors (Lipinski definition) is 6. The SMILES string of the molecule is COC(=O)[C@@H]1C2CC[C@@H](C2)C1C(=O)O.O=C1OC(=O)[C@@H]2C3CC[C@@H](C3)C12. The molecule has 7 heteroatoms. The monoisotopic (exact) mass is 364 g/mol. The maximum atomic E-state index is 11.4. The summed E-state index contributed by atoms with van der Waals surface area (Å²) in [4.78, 5) is 44.9. The molecule has 26 heavy (non-hydrogen) atoms. The van der Waals surface area contributed by atoms with Crippen molar-refractivity contribution < 1.29 is 33.8 Å². The van der Waals surface area contributed by atoms with Gasteiger partial charge in [0.05, 0.1) is 30.8 Å². The number of carbonyl (C=O) groups is 4. The number of ether oxygens (including phenoxy) is 2. The average Bonchev–Trinajstić information content (AvgIpc) is 3.40. The van der Waals surface area contributed by atoms with E-state index in [4.69, 9.17) is 5.11 Å². The molecule has 1 heterocycles. The van der Waals surface area contributed by atoms with Gasteiger partial charge in [-0.2, -0.15) is 0 Å². The van der Waals surface area contributed by atoms with E-state index in [0.29, 0.717) is 11.8 Å². The van der Waals surface area contributed by atoms with Crippen LogP contribution in [0.15, 0.2) is 0 Å². The van der Waals surface area contributed by atoms with Crippen LogP contribution in [0, 0.1) is 47.3 Å². The first kappa shape index (κ1) is 17.5. The van der Waals surface area contributed by atoms with E-state index in [1.54, 1.807) is 0 Å². The van der Waals surface area contributed by atoms with Crippen molar-refractivity contribution in [1.29, 1.82) is 0 Å². The first-order valence-corrected chi connectivity index (χ1v) is 9.48. The molecular formula is C19H24O7. The van der Waals surface area contributed by atoms with Crippen molar-refractivity contribution in [2.75, 3.05) is 7.11 Å². The van der Waals surface area contributed by atoms with Crippen LogP contribution in [-0.4, -0.2) is 36.1 Å². The van der Waals surface area contributed by atoms with E-state index in [9.17, 15) is 19.2 Å². The number of rotatable bonds is 2. The molecular weight excluding hydrogens is 340 g/mol. The van der Waals surface area contributed by atoms with Gasteiger partial charge in [-0.1, -0.05) is 0 Å². The largest absolute Gasteiger partial charge is 0.481 e. The third kappa shape index (κ3) is 2.55. The highest BCUT2D eigenvalue weighted by atomic mass is 16.6. The van der Waals surface area contributed by atoms with Crippen molar-refractivity contribution in [3.05, 3.63) is 0 Å². The summed E-state index contributed by atoms with van der Waals surface area (Å²) >= 11 is 0. The van der Waals surface area contributed by atoms with Gasteiger partial charge in [0.1, 0.15) is 0 Å². The number of hydrogen-bond donors (Lipinski definition) is 1. The summed E-state index contributed by atoms with van der Waals surface area (Å²) in [5.41, 5.74) is 0. The van der Waals surface area contributed by atoms with Crippen molar-refractivity contribution in [2.45, 2.75) is 38.5 Å².